The number of aryl methyl sites for hydroxylation is 1. The molecule has 4 heteroatoms. The minimum atomic E-state index is -0.912. The van der Waals surface area contributed by atoms with Gasteiger partial charge in [0.2, 0.25) is 0 Å². The second-order valence-corrected chi connectivity index (χ2v) is 4.80. The molecule has 0 aliphatic heterocycles. The molecular formula is C15H24N2O2. The fourth-order valence-electron chi connectivity index (χ4n) is 1.99. The molecule has 0 radical (unpaired) electrons. The third-order valence-corrected chi connectivity index (χ3v) is 3.19. The van der Waals surface area contributed by atoms with Gasteiger partial charge in [-0.3, -0.25) is 0 Å². The summed E-state index contributed by atoms with van der Waals surface area (Å²) in [4.78, 5) is 17.7. The number of anilines is 1. The maximum Gasteiger partial charge on any atom is 0.337 e. The van der Waals surface area contributed by atoms with Crippen LogP contribution in [0, 0.1) is 6.92 Å². The Morgan fingerprint density at radius 2 is 1.79 bits per heavy atom. The Labute approximate surface area is 115 Å². The molecule has 0 aromatic carbocycles. The van der Waals surface area contributed by atoms with Crippen molar-refractivity contribution in [1.82, 2.24) is 4.98 Å². The number of hydrogen-bond donors (Lipinski definition) is 1. The first-order chi connectivity index (χ1) is 9.10. The number of carboxylic acid groups (broad SMARTS) is 1. The maximum atomic E-state index is 11.0. The van der Waals surface area contributed by atoms with Crippen LogP contribution in [0.15, 0.2) is 12.1 Å². The smallest absolute Gasteiger partial charge is 0.337 e. The van der Waals surface area contributed by atoms with Gasteiger partial charge in [0.1, 0.15) is 5.82 Å². The molecule has 1 rings (SSSR count). The molecule has 0 amide bonds. The summed E-state index contributed by atoms with van der Waals surface area (Å²) in [7, 11) is 0. The van der Waals surface area contributed by atoms with Gasteiger partial charge < -0.3 is 10.0 Å². The number of carboxylic acids is 1. The van der Waals surface area contributed by atoms with Crippen molar-refractivity contribution >= 4 is 11.8 Å². The monoisotopic (exact) mass is 264 g/mol. The Morgan fingerprint density at radius 3 is 2.21 bits per heavy atom. The number of rotatable bonds is 8. The van der Waals surface area contributed by atoms with Crippen LogP contribution in [0.4, 0.5) is 5.82 Å². The first-order valence-electron chi connectivity index (χ1n) is 7.06. The van der Waals surface area contributed by atoms with Gasteiger partial charge in [-0.2, -0.15) is 0 Å². The van der Waals surface area contributed by atoms with Crippen LogP contribution in [-0.4, -0.2) is 29.1 Å². The predicted octanol–water partition coefficient (Wildman–Crippen LogP) is 3.49. The minimum absolute atomic E-state index is 0.287. The SMILES string of the molecule is CCCCN(CCCC)c1ccc(C(=O)O)c(C)n1. The topological polar surface area (TPSA) is 53.4 Å². The van der Waals surface area contributed by atoms with E-state index in [9.17, 15) is 4.79 Å². The summed E-state index contributed by atoms with van der Waals surface area (Å²) in [5.41, 5.74) is 0.873. The zero-order valence-electron chi connectivity index (χ0n) is 12.1. The Bertz CT molecular complexity index is 411. The minimum Gasteiger partial charge on any atom is -0.478 e. The molecule has 0 spiro atoms. The average Bonchev–Trinajstić information content (AvgIpc) is 2.38. The summed E-state index contributed by atoms with van der Waals surface area (Å²) in [5, 5.41) is 9.02. The van der Waals surface area contributed by atoms with E-state index in [4.69, 9.17) is 5.11 Å². The van der Waals surface area contributed by atoms with Gasteiger partial charge in [-0.15, -0.1) is 0 Å². The number of carbonyl (C=O) groups is 1. The molecule has 19 heavy (non-hydrogen) atoms. The third kappa shape index (κ3) is 4.54. The zero-order valence-corrected chi connectivity index (χ0v) is 12.1. The molecule has 0 bridgehead atoms. The van der Waals surface area contributed by atoms with Crippen molar-refractivity contribution in [3.63, 3.8) is 0 Å². The van der Waals surface area contributed by atoms with Crippen molar-refractivity contribution in [2.24, 2.45) is 0 Å². The highest BCUT2D eigenvalue weighted by molar-refractivity contribution is 5.89. The van der Waals surface area contributed by atoms with Gasteiger partial charge in [0.15, 0.2) is 0 Å². The van der Waals surface area contributed by atoms with Crippen LogP contribution < -0.4 is 4.90 Å². The molecule has 4 nitrogen and oxygen atoms in total. The van der Waals surface area contributed by atoms with Gasteiger partial charge >= 0.3 is 5.97 Å². The first-order valence-corrected chi connectivity index (χ1v) is 7.06. The van der Waals surface area contributed by atoms with E-state index in [0.29, 0.717) is 5.69 Å². The Hall–Kier alpha value is -1.58. The maximum absolute atomic E-state index is 11.0. The average molecular weight is 264 g/mol. The van der Waals surface area contributed by atoms with Gasteiger partial charge in [0.25, 0.3) is 0 Å². The van der Waals surface area contributed by atoms with Crippen LogP contribution in [0.3, 0.4) is 0 Å². The molecule has 1 aromatic rings. The van der Waals surface area contributed by atoms with Gasteiger partial charge in [-0.25, -0.2) is 9.78 Å². The lowest BCUT2D eigenvalue weighted by atomic mass is 10.2. The van der Waals surface area contributed by atoms with E-state index >= 15 is 0 Å². The highest BCUT2D eigenvalue weighted by Gasteiger charge is 2.12. The summed E-state index contributed by atoms with van der Waals surface area (Å²) >= 11 is 0. The van der Waals surface area contributed by atoms with Gasteiger partial charge in [0.05, 0.1) is 11.3 Å². The predicted molar refractivity (Wildman–Crippen MR) is 78.0 cm³/mol. The van der Waals surface area contributed by atoms with E-state index in [-0.39, 0.29) is 5.56 Å². The Morgan fingerprint density at radius 1 is 1.21 bits per heavy atom. The van der Waals surface area contributed by atoms with Crippen LogP contribution in [0.1, 0.15) is 55.6 Å². The molecule has 0 fully saturated rings. The van der Waals surface area contributed by atoms with Crippen molar-refractivity contribution in [2.75, 3.05) is 18.0 Å². The van der Waals surface area contributed by atoms with E-state index in [1.165, 1.54) is 0 Å². The van der Waals surface area contributed by atoms with Crippen LogP contribution in [0.2, 0.25) is 0 Å². The number of aromatic nitrogens is 1. The molecule has 0 saturated carbocycles. The van der Waals surface area contributed by atoms with E-state index < -0.39 is 5.97 Å². The van der Waals surface area contributed by atoms with Crippen molar-refractivity contribution in [2.45, 2.75) is 46.5 Å². The first kappa shape index (κ1) is 15.5. The lowest BCUT2D eigenvalue weighted by Gasteiger charge is -2.24. The molecule has 0 unspecified atom stereocenters. The molecule has 0 aliphatic carbocycles. The van der Waals surface area contributed by atoms with Crippen molar-refractivity contribution in [3.05, 3.63) is 23.4 Å². The van der Waals surface area contributed by atoms with Gasteiger partial charge in [-0.1, -0.05) is 26.7 Å². The van der Waals surface area contributed by atoms with Crippen molar-refractivity contribution < 1.29 is 9.90 Å². The van der Waals surface area contributed by atoms with Crippen LogP contribution in [0.5, 0.6) is 0 Å². The normalized spacial score (nSPS) is 10.5. The lowest BCUT2D eigenvalue weighted by molar-refractivity contribution is 0.0695. The molecule has 1 aromatic heterocycles. The second-order valence-electron chi connectivity index (χ2n) is 4.80. The molecule has 106 valence electrons. The second kappa shape index (κ2) is 7.77. The van der Waals surface area contributed by atoms with E-state index in [1.54, 1.807) is 13.0 Å². The van der Waals surface area contributed by atoms with Crippen molar-refractivity contribution in [3.8, 4) is 0 Å². The van der Waals surface area contributed by atoms with E-state index in [2.05, 4.69) is 23.7 Å². The van der Waals surface area contributed by atoms with Crippen LogP contribution >= 0.6 is 0 Å². The highest BCUT2D eigenvalue weighted by Crippen LogP contribution is 2.16. The molecular weight excluding hydrogens is 240 g/mol. The fourth-order valence-corrected chi connectivity index (χ4v) is 1.99. The molecule has 1 heterocycles. The zero-order chi connectivity index (χ0) is 14.3. The van der Waals surface area contributed by atoms with Crippen LogP contribution in [0.25, 0.3) is 0 Å². The number of pyridine rings is 1. The summed E-state index contributed by atoms with van der Waals surface area (Å²) in [6, 6.07) is 3.48. The number of aromatic carboxylic acids is 1. The molecule has 0 saturated heterocycles. The van der Waals surface area contributed by atoms with Crippen molar-refractivity contribution in [1.29, 1.82) is 0 Å². The van der Waals surface area contributed by atoms with Crippen LogP contribution in [-0.2, 0) is 0 Å². The lowest BCUT2D eigenvalue weighted by Crippen LogP contribution is -2.27. The van der Waals surface area contributed by atoms with E-state index in [0.717, 1.165) is 44.6 Å². The third-order valence-electron chi connectivity index (χ3n) is 3.19. The standard InChI is InChI=1S/C15H24N2O2/c1-4-6-10-17(11-7-5-2)14-9-8-13(15(18)19)12(3)16-14/h8-9H,4-7,10-11H2,1-3H3,(H,18,19). The Kier molecular flexibility index (Phi) is 6.33. The largest absolute Gasteiger partial charge is 0.478 e. The number of hydrogen-bond acceptors (Lipinski definition) is 3. The van der Waals surface area contributed by atoms with E-state index in [1.807, 2.05) is 6.07 Å². The summed E-state index contributed by atoms with van der Waals surface area (Å²) in [6.45, 7) is 8.06. The highest BCUT2D eigenvalue weighted by atomic mass is 16.4. The summed E-state index contributed by atoms with van der Waals surface area (Å²) in [6.07, 6.45) is 4.56. The molecule has 0 atom stereocenters. The number of unbranched alkanes of at least 4 members (excludes halogenated alkanes) is 2. The quantitative estimate of drug-likeness (QED) is 0.781. The molecule has 0 aliphatic rings. The summed E-state index contributed by atoms with van der Waals surface area (Å²) in [5.74, 6) is -0.0189. The van der Waals surface area contributed by atoms with Gasteiger partial charge in [-0.05, 0) is 31.9 Å². The molecule has 1 N–H and O–H groups in total. The summed E-state index contributed by atoms with van der Waals surface area (Å²) < 4.78 is 0. The Balaban J connectivity index is 2.88. The van der Waals surface area contributed by atoms with Gasteiger partial charge in [0, 0.05) is 13.1 Å². The number of nitrogens with zero attached hydrogens (tertiary/aromatic N) is 2. The fraction of sp³-hybridized carbons (Fsp3) is 0.600.